The molecular formula is C11H16N2O2. The van der Waals surface area contributed by atoms with Gasteiger partial charge in [-0.05, 0) is 18.1 Å². The first-order valence-corrected chi connectivity index (χ1v) is 4.96. The Hall–Kier alpha value is -1.39. The summed E-state index contributed by atoms with van der Waals surface area (Å²) in [5.74, 6) is 4.80. The van der Waals surface area contributed by atoms with E-state index in [4.69, 9.17) is 10.6 Å². The highest BCUT2D eigenvalue weighted by Crippen LogP contribution is 2.09. The summed E-state index contributed by atoms with van der Waals surface area (Å²) in [6.07, 6.45) is 0.964. The highest BCUT2D eigenvalue weighted by atomic mass is 16.5. The first kappa shape index (κ1) is 11.7. The number of hydrogen-bond donors (Lipinski definition) is 2. The van der Waals surface area contributed by atoms with Crippen LogP contribution in [0, 0.1) is 0 Å². The number of nitrogen functional groups attached to an aromatic ring is 1. The van der Waals surface area contributed by atoms with Gasteiger partial charge in [0.25, 0.3) is 5.91 Å². The lowest BCUT2D eigenvalue weighted by Crippen LogP contribution is -2.30. The normalized spacial score (nSPS) is 10.0. The van der Waals surface area contributed by atoms with Crippen LogP contribution in [0.2, 0.25) is 0 Å². The highest BCUT2D eigenvalue weighted by Gasteiger charge is 2.08. The molecular weight excluding hydrogens is 192 g/mol. The lowest BCUT2D eigenvalue weighted by molar-refractivity contribution is 0.0940. The minimum absolute atomic E-state index is 0.286. The van der Waals surface area contributed by atoms with Crippen LogP contribution < -0.4 is 11.3 Å². The summed E-state index contributed by atoms with van der Waals surface area (Å²) in [6.45, 7) is 3.18. The van der Waals surface area contributed by atoms with E-state index in [0.717, 1.165) is 12.0 Å². The van der Waals surface area contributed by atoms with E-state index in [1.165, 1.54) is 0 Å². The summed E-state index contributed by atoms with van der Waals surface area (Å²) in [4.78, 5) is 11.4. The number of amides is 1. The zero-order valence-corrected chi connectivity index (χ0v) is 8.82. The third-order valence-corrected chi connectivity index (χ3v) is 2.00. The zero-order valence-electron chi connectivity index (χ0n) is 8.82. The molecule has 0 fully saturated rings. The molecule has 0 spiro atoms. The molecule has 1 rings (SSSR count). The van der Waals surface area contributed by atoms with E-state index in [-0.39, 0.29) is 5.91 Å². The van der Waals surface area contributed by atoms with Crippen LogP contribution in [0.25, 0.3) is 0 Å². The fourth-order valence-corrected chi connectivity index (χ4v) is 1.27. The molecule has 0 radical (unpaired) electrons. The van der Waals surface area contributed by atoms with Gasteiger partial charge in [0, 0.05) is 12.2 Å². The van der Waals surface area contributed by atoms with Crippen molar-refractivity contribution in [2.24, 2.45) is 5.84 Å². The van der Waals surface area contributed by atoms with Gasteiger partial charge >= 0.3 is 0 Å². The molecule has 4 heteroatoms. The maximum Gasteiger partial charge on any atom is 0.265 e. The van der Waals surface area contributed by atoms with Crippen molar-refractivity contribution < 1.29 is 9.53 Å². The number of carbonyl (C=O) groups excluding carboxylic acids is 1. The van der Waals surface area contributed by atoms with Crippen LogP contribution in [0.4, 0.5) is 0 Å². The Balaban J connectivity index is 2.73. The SMILES string of the molecule is CCCOCc1ccccc1C(=O)NN. The zero-order chi connectivity index (χ0) is 11.1. The monoisotopic (exact) mass is 208 g/mol. The van der Waals surface area contributed by atoms with Crippen LogP contribution in [0.15, 0.2) is 24.3 Å². The predicted octanol–water partition coefficient (Wildman–Crippen LogP) is 1.22. The Labute approximate surface area is 89.4 Å². The van der Waals surface area contributed by atoms with Gasteiger partial charge in [-0.1, -0.05) is 25.1 Å². The van der Waals surface area contributed by atoms with Crippen LogP contribution in [0.5, 0.6) is 0 Å². The molecule has 1 aromatic carbocycles. The Morgan fingerprint density at radius 3 is 2.87 bits per heavy atom. The van der Waals surface area contributed by atoms with Gasteiger partial charge in [-0.25, -0.2) is 5.84 Å². The molecule has 0 unspecified atom stereocenters. The van der Waals surface area contributed by atoms with E-state index in [9.17, 15) is 4.79 Å². The molecule has 0 bridgehead atoms. The Morgan fingerprint density at radius 1 is 1.47 bits per heavy atom. The Bertz CT molecular complexity index is 326. The second-order valence-electron chi connectivity index (χ2n) is 3.18. The fraction of sp³-hybridized carbons (Fsp3) is 0.364. The molecule has 0 heterocycles. The van der Waals surface area contributed by atoms with Gasteiger partial charge in [0.05, 0.1) is 6.61 Å². The summed E-state index contributed by atoms with van der Waals surface area (Å²) in [5, 5.41) is 0. The smallest absolute Gasteiger partial charge is 0.265 e. The summed E-state index contributed by atoms with van der Waals surface area (Å²) in [7, 11) is 0. The van der Waals surface area contributed by atoms with Crippen LogP contribution in [0.1, 0.15) is 29.3 Å². The van der Waals surface area contributed by atoms with E-state index in [1.807, 2.05) is 19.1 Å². The van der Waals surface area contributed by atoms with Crippen molar-refractivity contribution in [3.63, 3.8) is 0 Å². The van der Waals surface area contributed by atoms with E-state index in [2.05, 4.69) is 5.43 Å². The summed E-state index contributed by atoms with van der Waals surface area (Å²) in [5.41, 5.74) is 3.54. The molecule has 1 amide bonds. The van der Waals surface area contributed by atoms with Crippen LogP contribution >= 0.6 is 0 Å². The second-order valence-corrected chi connectivity index (χ2v) is 3.18. The van der Waals surface area contributed by atoms with Gasteiger partial charge in [0.2, 0.25) is 0 Å². The minimum atomic E-state index is -0.286. The number of benzene rings is 1. The van der Waals surface area contributed by atoms with Crippen molar-refractivity contribution in [3.05, 3.63) is 35.4 Å². The van der Waals surface area contributed by atoms with Gasteiger partial charge in [0.15, 0.2) is 0 Å². The number of nitrogens with two attached hydrogens (primary N) is 1. The molecule has 0 aliphatic rings. The largest absolute Gasteiger partial charge is 0.377 e. The number of hydrogen-bond acceptors (Lipinski definition) is 3. The number of rotatable bonds is 5. The third-order valence-electron chi connectivity index (χ3n) is 2.00. The van der Waals surface area contributed by atoms with Crippen LogP contribution in [-0.4, -0.2) is 12.5 Å². The topological polar surface area (TPSA) is 64.3 Å². The minimum Gasteiger partial charge on any atom is -0.377 e. The maximum absolute atomic E-state index is 11.4. The average molecular weight is 208 g/mol. The number of hydrazine groups is 1. The van der Waals surface area contributed by atoms with Crippen molar-refractivity contribution in [1.82, 2.24) is 5.43 Å². The van der Waals surface area contributed by atoms with E-state index >= 15 is 0 Å². The number of ether oxygens (including phenoxy) is 1. The third kappa shape index (κ3) is 3.34. The molecule has 3 N–H and O–H groups in total. The molecule has 1 aromatic rings. The molecule has 0 aliphatic heterocycles. The van der Waals surface area contributed by atoms with Crippen molar-refractivity contribution in [2.75, 3.05) is 6.61 Å². The summed E-state index contributed by atoms with van der Waals surface area (Å²) in [6, 6.07) is 7.26. The first-order valence-electron chi connectivity index (χ1n) is 4.96. The first-order chi connectivity index (χ1) is 7.29. The summed E-state index contributed by atoms with van der Waals surface area (Å²) >= 11 is 0. The van der Waals surface area contributed by atoms with Gasteiger partial charge in [-0.2, -0.15) is 0 Å². The molecule has 0 saturated heterocycles. The van der Waals surface area contributed by atoms with Crippen LogP contribution in [0.3, 0.4) is 0 Å². The van der Waals surface area contributed by atoms with Crippen molar-refractivity contribution in [2.45, 2.75) is 20.0 Å². The van der Waals surface area contributed by atoms with Gasteiger partial charge in [0.1, 0.15) is 0 Å². The van der Waals surface area contributed by atoms with E-state index < -0.39 is 0 Å². The Kier molecular flexibility index (Phi) is 4.80. The molecule has 0 aliphatic carbocycles. The lowest BCUT2D eigenvalue weighted by atomic mass is 10.1. The van der Waals surface area contributed by atoms with Crippen molar-refractivity contribution >= 4 is 5.91 Å². The Morgan fingerprint density at radius 2 is 2.20 bits per heavy atom. The molecule has 0 aromatic heterocycles. The molecule has 15 heavy (non-hydrogen) atoms. The van der Waals surface area contributed by atoms with Gasteiger partial charge in [-0.15, -0.1) is 0 Å². The maximum atomic E-state index is 11.4. The molecule has 0 atom stereocenters. The second kappa shape index (κ2) is 6.16. The average Bonchev–Trinajstić information content (AvgIpc) is 2.29. The molecule has 0 saturated carbocycles. The number of nitrogens with one attached hydrogen (secondary N) is 1. The predicted molar refractivity (Wildman–Crippen MR) is 58.0 cm³/mol. The molecule has 82 valence electrons. The van der Waals surface area contributed by atoms with Gasteiger partial charge in [-0.3, -0.25) is 10.2 Å². The van der Waals surface area contributed by atoms with E-state index in [1.54, 1.807) is 12.1 Å². The quantitative estimate of drug-likeness (QED) is 0.331. The lowest BCUT2D eigenvalue weighted by Gasteiger charge is -2.08. The van der Waals surface area contributed by atoms with Crippen LogP contribution in [-0.2, 0) is 11.3 Å². The highest BCUT2D eigenvalue weighted by molar-refractivity contribution is 5.95. The number of carbonyl (C=O) groups is 1. The van der Waals surface area contributed by atoms with Gasteiger partial charge < -0.3 is 4.74 Å². The standard InChI is InChI=1S/C11H16N2O2/c1-2-7-15-8-9-5-3-4-6-10(9)11(14)13-12/h3-6H,2,7-8,12H2,1H3,(H,13,14). The van der Waals surface area contributed by atoms with E-state index in [0.29, 0.717) is 18.8 Å². The molecule has 4 nitrogen and oxygen atoms in total. The fourth-order valence-electron chi connectivity index (χ4n) is 1.27. The van der Waals surface area contributed by atoms with Crippen molar-refractivity contribution in [1.29, 1.82) is 0 Å². The van der Waals surface area contributed by atoms with Crippen molar-refractivity contribution in [3.8, 4) is 0 Å². The summed E-state index contributed by atoms with van der Waals surface area (Å²) < 4.78 is 5.38.